The van der Waals surface area contributed by atoms with Crippen LogP contribution in [0.5, 0.6) is 5.75 Å². The van der Waals surface area contributed by atoms with Crippen molar-refractivity contribution in [1.29, 1.82) is 0 Å². The van der Waals surface area contributed by atoms with Gasteiger partial charge in [-0.3, -0.25) is 14.7 Å². The summed E-state index contributed by atoms with van der Waals surface area (Å²) >= 11 is 4.95. The highest BCUT2D eigenvalue weighted by Crippen LogP contribution is 2.39. The molecule has 7 nitrogen and oxygen atoms in total. The number of ether oxygens (including phenoxy) is 1. The molecule has 0 unspecified atom stereocenters. The number of hydrogen-bond donors (Lipinski definition) is 0. The lowest BCUT2D eigenvalue weighted by Gasteiger charge is -2.16. The van der Waals surface area contributed by atoms with Gasteiger partial charge in [-0.2, -0.15) is 0 Å². The van der Waals surface area contributed by atoms with Crippen molar-refractivity contribution in [3.8, 4) is 11.4 Å². The number of nitrogens with zero attached hydrogens (tertiary/aromatic N) is 4. The zero-order valence-corrected chi connectivity index (χ0v) is 24.2. The van der Waals surface area contributed by atoms with E-state index >= 15 is 0 Å². The summed E-state index contributed by atoms with van der Waals surface area (Å²) in [5.74, 6) is 1.39. The molecule has 0 saturated heterocycles. The van der Waals surface area contributed by atoms with Crippen molar-refractivity contribution in [3.63, 3.8) is 0 Å². The number of thioether (sulfide) groups is 1. The molecule has 0 radical (unpaired) electrons. The van der Waals surface area contributed by atoms with Crippen LogP contribution < -0.4 is 4.74 Å². The SMILES string of the molecule is Cc1ccc(-n2c(C)nnc2S[C@H](C[N+](=O)[O-])c2ccc(OCc3ccc4ccccc4c3)c(Br)c2)cc1C. The smallest absolute Gasteiger partial charge is 0.220 e. The minimum atomic E-state index is -0.472. The molecule has 0 aliphatic heterocycles. The van der Waals surface area contributed by atoms with E-state index in [1.807, 2.05) is 47.9 Å². The summed E-state index contributed by atoms with van der Waals surface area (Å²) in [6.07, 6.45) is 0. The first-order valence-corrected chi connectivity index (χ1v) is 14.1. The Labute approximate surface area is 239 Å². The van der Waals surface area contributed by atoms with Crippen LogP contribution in [0.2, 0.25) is 0 Å². The van der Waals surface area contributed by atoms with E-state index in [9.17, 15) is 10.1 Å². The molecule has 0 saturated carbocycles. The van der Waals surface area contributed by atoms with Gasteiger partial charge in [0.25, 0.3) is 0 Å². The molecule has 5 aromatic rings. The van der Waals surface area contributed by atoms with Crippen LogP contribution in [0, 0.1) is 30.9 Å². The lowest BCUT2D eigenvalue weighted by molar-refractivity contribution is -0.479. The summed E-state index contributed by atoms with van der Waals surface area (Å²) in [7, 11) is 0. The molecule has 0 spiro atoms. The molecule has 0 N–H and O–H groups in total. The first kappa shape index (κ1) is 26.9. The van der Waals surface area contributed by atoms with Gasteiger partial charge in [-0.25, -0.2) is 0 Å². The number of rotatable bonds is 9. The quantitative estimate of drug-likeness (QED) is 0.0972. The van der Waals surface area contributed by atoms with Crippen molar-refractivity contribution in [1.82, 2.24) is 14.8 Å². The Kier molecular flexibility index (Phi) is 7.99. The Hall–Kier alpha value is -3.69. The first-order chi connectivity index (χ1) is 18.8. The van der Waals surface area contributed by atoms with Crippen molar-refractivity contribution in [2.24, 2.45) is 0 Å². The standard InChI is InChI=1S/C30H27BrN4O3S/c1-19-8-12-26(14-20(19)2)35-21(3)32-33-30(35)39-29(17-34(36)37)25-11-13-28(27(31)16-25)38-18-22-9-10-23-6-4-5-7-24(23)15-22/h4-16,29H,17-18H2,1-3H3/t29-/m1/s1. The normalized spacial score (nSPS) is 12.0. The Morgan fingerprint density at radius 3 is 2.49 bits per heavy atom. The number of hydrogen-bond acceptors (Lipinski definition) is 6. The lowest BCUT2D eigenvalue weighted by Crippen LogP contribution is -2.11. The summed E-state index contributed by atoms with van der Waals surface area (Å²) < 4.78 is 8.78. The molecule has 0 aliphatic carbocycles. The first-order valence-electron chi connectivity index (χ1n) is 12.5. The minimum absolute atomic E-state index is 0.257. The van der Waals surface area contributed by atoms with E-state index in [1.165, 1.54) is 22.7 Å². The third kappa shape index (κ3) is 6.15. The second-order valence-electron chi connectivity index (χ2n) is 9.42. The van der Waals surface area contributed by atoms with Crippen LogP contribution in [0.15, 0.2) is 88.5 Å². The van der Waals surface area contributed by atoms with E-state index in [0.29, 0.717) is 17.5 Å². The molecule has 5 rings (SSSR count). The van der Waals surface area contributed by atoms with Crippen LogP contribution in [0.1, 0.15) is 33.3 Å². The van der Waals surface area contributed by atoms with Crippen molar-refractivity contribution >= 4 is 38.5 Å². The van der Waals surface area contributed by atoms with Gasteiger partial charge in [-0.05, 0) is 100 Å². The minimum Gasteiger partial charge on any atom is -0.488 e. The van der Waals surface area contributed by atoms with Gasteiger partial charge >= 0.3 is 0 Å². The van der Waals surface area contributed by atoms with E-state index in [2.05, 4.69) is 82.4 Å². The molecule has 9 heteroatoms. The number of nitro groups is 1. The van der Waals surface area contributed by atoms with Crippen LogP contribution in [-0.2, 0) is 6.61 Å². The molecular weight excluding hydrogens is 576 g/mol. The average molecular weight is 604 g/mol. The van der Waals surface area contributed by atoms with Crippen molar-refractivity contribution in [3.05, 3.63) is 122 Å². The Bertz CT molecular complexity index is 1670. The molecule has 4 aromatic carbocycles. The topological polar surface area (TPSA) is 83.1 Å². The van der Waals surface area contributed by atoms with E-state index < -0.39 is 5.25 Å². The van der Waals surface area contributed by atoms with Crippen molar-refractivity contribution in [2.45, 2.75) is 37.8 Å². The fraction of sp³-hybridized carbons (Fsp3) is 0.200. The average Bonchev–Trinajstić information content (AvgIpc) is 3.28. The highest BCUT2D eigenvalue weighted by Gasteiger charge is 2.24. The van der Waals surface area contributed by atoms with Crippen molar-refractivity contribution in [2.75, 3.05) is 6.54 Å². The molecule has 1 heterocycles. The summed E-state index contributed by atoms with van der Waals surface area (Å²) in [4.78, 5) is 11.3. The monoisotopic (exact) mass is 602 g/mol. The Balaban J connectivity index is 1.37. The maximum absolute atomic E-state index is 11.6. The third-order valence-electron chi connectivity index (χ3n) is 6.64. The zero-order valence-electron chi connectivity index (χ0n) is 21.8. The van der Waals surface area contributed by atoms with E-state index in [1.54, 1.807) is 0 Å². The van der Waals surface area contributed by atoms with Gasteiger partial charge in [0.15, 0.2) is 5.16 Å². The number of fused-ring (bicyclic) bond motifs is 1. The Morgan fingerprint density at radius 2 is 1.74 bits per heavy atom. The van der Waals surface area contributed by atoms with Gasteiger partial charge in [0.1, 0.15) is 23.4 Å². The van der Waals surface area contributed by atoms with Crippen LogP contribution >= 0.6 is 27.7 Å². The molecule has 0 bridgehead atoms. The molecule has 39 heavy (non-hydrogen) atoms. The molecule has 0 amide bonds. The van der Waals surface area contributed by atoms with Crippen LogP contribution in [0.25, 0.3) is 16.5 Å². The van der Waals surface area contributed by atoms with Crippen LogP contribution in [0.3, 0.4) is 0 Å². The number of halogens is 1. The van der Waals surface area contributed by atoms with E-state index in [4.69, 9.17) is 4.74 Å². The number of aryl methyl sites for hydroxylation is 3. The van der Waals surface area contributed by atoms with Crippen LogP contribution in [0.4, 0.5) is 0 Å². The predicted molar refractivity (Wildman–Crippen MR) is 158 cm³/mol. The van der Waals surface area contributed by atoms with Gasteiger partial charge in [-0.1, -0.05) is 60.3 Å². The van der Waals surface area contributed by atoms with Gasteiger partial charge in [0.05, 0.1) is 4.47 Å². The van der Waals surface area contributed by atoms with Gasteiger partial charge in [0.2, 0.25) is 6.54 Å². The van der Waals surface area contributed by atoms with Crippen LogP contribution in [-0.4, -0.2) is 26.2 Å². The van der Waals surface area contributed by atoms with Gasteiger partial charge in [0, 0.05) is 10.6 Å². The van der Waals surface area contributed by atoms with E-state index in [0.717, 1.165) is 38.1 Å². The molecule has 0 fully saturated rings. The molecule has 0 aliphatic rings. The lowest BCUT2D eigenvalue weighted by atomic mass is 10.1. The predicted octanol–water partition coefficient (Wildman–Crippen LogP) is 7.80. The second-order valence-corrected chi connectivity index (χ2v) is 11.4. The maximum Gasteiger partial charge on any atom is 0.220 e. The number of benzene rings is 4. The zero-order chi connectivity index (χ0) is 27.5. The fourth-order valence-corrected chi connectivity index (χ4v) is 6.05. The van der Waals surface area contributed by atoms with Gasteiger partial charge in [-0.15, -0.1) is 10.2 Å². The highest BCUT2D eigenvalue weighted by molar-refractivity contribution is 9.10. The summed E-state index contributed by atoms with van der Waals surface area (Å²) in [6.45, 7) is 6.16. The Morgan fingerprint density at radius 1 is 0.949 bits per heavy atom. The molecule has 198 valence electrons. The summed E-state index contributed by atoms with van der Waals surface area (Å²) in [6, 6.07) is 26.3. The van der Waals surface area contributed by atoms with E-state index in [-0.39, 0.29) is 11.5 Å². The number of aromatic nitrogens is 3. The summed E-state index contributed by atoms with van der Waals surface area (Å²) in [5, 5.41) is 22.7. The highest BCUT2D eigenvalue weighted by atomic mass is 79.9. The summed E-state index contributed by atoms with van der Waals surface area (Å²) in [5.41, 5.74) is 5.14. The third-order valence-corrected chi connectivity index (χ3v) is 8.44. The largest absolute Gasteiger partial charge is 0.488 e. The molecule has 1 atom stereocenters. The second kappa shape index (κ2) is 11.6. The molecule has 1 aromatic heterocycles. The molecular formula is C30H27BrN4O3S. The fourth-order valence-electron chi connectivity index (χ4n) is 4.38. The van der Waals surface area contributed by atoms with Crippen molar-refractivity contribution < 1.29 is 9.66 Å². The maximum atomic E-state index is 11.6. The van der Waals surface area contributed by atoms with Gasteiger partial charge < -0.3 is 4.74 Å².